The molecule has 4 nitrogen and oxygen atoms in total. The largest absolute Gasteiger partial charge is 0.359 e. The van der Waals surface area contributed by atoms with E-state index < -0.39 is 0 Å². The van der Waals surface area contributed by atoms with Crippen molar-refractivity contribution in [3.05, 3.63) is 23.4 Å². The fourth-order valence-electron chi connectivity index (χ4n) is 2.76. The van der Waals surface area contributed by atoms with Crippen molar-refractivity contribution in [2.45, 2.75) is 26.3 Å². The van der Waals surface area contributed by atoms with Crippen LogP contribution in [-0.4, -0.2) is 43.6 Å². The summed E-state index contributed by atoms with van der Waals surface area (Å²) >= 11 is 0. The lowest BCUT2D eigenvalue weighted by molar-refractivity contribution is 0.222. The summed E-state index contributed by atoms with van der Waals surface area (Å²) in [6.07, 6.45) is 2.58. The van der Waals surface area contributed by atoms with E-state index in [4.69, 9.17) is 5.73 Å². The fraction of sp³-hybridized carbons (Fsp3) is 0.667. The van der Waals surface area contributed by atoms with Gasteiger partial charge in [0.25, 0.3) is 0 Å². The van der Waals surface area contributed by atoms with E-state index >= 15 is 0 Å². The Labute approximate surface area is 116 Å². The highest BCUT2D eigenvalue weighted by molar-refractivity contribution is 5.41. The molecular formula is C15H26N4. The summed E-state index contributed by atoms with van der Waals surface area (Å²) in [4.78, 5) is 9.31. The van der Waals surface area contributed by atoms with E-state index in [-0.39, 0.29) is 0 Å². The van der Waals surface area contributed by atoms with Gasteiger partial charge in [-0.3, -0.25) is 0 Å². The molecule has 0 radical (unpaired) electrons. The molecule has 0 atom stereocenters. The number of aryl methyl sites for hydroxylation is 1. The minimum atomic E-state index is 0.582. The molecule has 1 aliphatic heterocycles. The predicted molar refractivity (Wildman–Crippen MR) is 80.4 cm³/mol. The molecule has 0 unspecified atom stereocenters. The Morgan fingerprint density at radius 3 is 2.68 bits per heavy atom. The van der Waals surface area contributed by atoms with Gasteiger partial charge in [0.15, 0.2) is 0 Å². The van der Waals surface area contributed by atoms with E-state index in [1.165, 1.54) is 25.9 Å². The summed E-state index contributed by atoms with van der Waals surface area (Å²) in [7, 11) is 4.34. The van der Waals surface area contributed by atoms with Crippen LogP contribution in [0.15, 0.2) is 12.1 Å². The summed E-state index contributed by atoms with van der Waals surface area (Å²) in [5, 5.41) is 0. The molecule has 19 heavy (non-hydrogen) atoms. The molecule has 4 heteroatoms. The summed E-state index contributed by atoms with van der Waals surface area (Å²) in [5.41, 5.74) is 7.95. The smallest absolute Gasteiger partial charge is 0.128 e. The van der Waals surface area contributed by atoms with Crippen LogP contribution in [0, 0.1) is 12.8 Å². The molecule has 1 aromatic rings. The number of piperidine rings is 1. The zero-order valence-electron chi connectivity index (χ0n) is 12.4. The van der Waals surface area contributed by atoms with Crippen LogP contribution in [0.5, 0.6) is 0 Å². The van der Waals surface area contributed by atoms with Crippen molar-refractivity contribution < 1.29 is 0 Å². The second-order valence-corrected chi connectivity index (χ2v) is 5.81. The van der Waals surface area contributed by atoms with Crippen LogP contribution in [-0.2, 0) is 6.54 Å². The zero-order valence-corrected chi connectivity index (χ0v) is 12.4. The van der Waals surface area contributed by atoms with E-state index in [0.29, 0.717) is 6.54 Å². The number of hydrogen-bond donors (Lipinski definition) is 1. The molecule has 0 bridgehead atoms. The van der Waals surface area contributed by atoms with Crippen LogP contribution in [0.4, 0.5) is 5.82 Å². The number of rotatable bonds is 4. The predicted octanol–water partition coefficient (Wildman–Crippen LogP) is 1.63. The summed E-state index contributed by atoms with van der Waals surface area (Å²) in [6, 6.07) is 4.18. The molecule has 0 aromatic carbocycles. The van der Waals surface area contributed by atoms with Gasteiger partial charge in [-0.1, -0.05) is 0 Å². The molecule has 1 aliphatic rings. The van der Waals surface area contributed by atoms with Crippen LogP contribution in [0.1, 0.15) is 24.1 Å². The number of hydrogen-bond acceptors (Lipinski definition) is 4. The Kier molecular flexibility index (Phi) is 4.77. The van der Waals surface area contributed by atoms with Gasteiger partial charge in [-0.15, -0.1) is 0 Å². The van der Waals surface area contributed by atoms with Gasteiger partial charge in [0.2, 0.25) is 0 Å². The third kappa shape index (κ3) is 3.91. The first-order valence-corrected chi connectivity index (χ1v) is 7.16. The highest BCUT2D eigenvalue weighted by atomic mass is 15.2. The van der Waals surface area contributed by atoms with E-state index in [1.54, 1.807) is 0 Å². The Balaban J connectivity index is 1.99. The molecule has 1 saturated heterocycles. The molecule has 2 heterocycles. The number of anilines is 1. The fourth-order valence-corrected chi connectivity index (χ4v) is 2.76. The minimum absolute atomic E-state index is 0.582. The van der Waals surface area contributed by atoms with Gasteiger partial charge in [0, 0.05) is 25.8 Å². The van der Waals surface area contributed by atoms with Gasteiger partial charge < -0.3 is 15.5 Å². The molecule has 1 fully saturated rings. The van der Waals surface area contributed by atoms with Crippen molar-refractivity contribution in [1.29, 1.82) is 0 Å². The molecule has 106 valence electrons. The van der Waals surface area contributed by atoms with E-state index in [1.807, 2.05) is 6.92 Å². The molecule has 0 amide bonds. The van der Waals surface area contributed by atoms with Crippen molar-refractivity contribution in [3.63, 3.8) is 0 Å². The maximum atomic E-state index is 5.74. The lowest BCUT2D eigenvalue weighted by Gasteiger charge is -2.32. The quantitative estimate of drug-likeness (QED) is 0.896. The van der Waals surface area contributed by atoms with Crippen molar-refractivity contribution in [2.24, 2.45) is 11.7 Å². The highest BCUT2D eigenvalue weighted by Gasteiger charge is 2.18. The Morgan fingerprint density at radius 1 is 1.37 bits per heavy atom. The molecule has 0 aliphatic carbocycles. The normalized spacial score (nSPS) is 17.7. The van der Waals surface area contributed by atoms with Gasteiger partial charge in [-0.25, -0.2) is 4.98 Å². The first kappa shape index (κ1) is 14.3. The Morgan fingerprint density at radius 2 is 2.05 bits per heavy atom. The van der Waals surface area contributed by atoms with Crippen LogP contribution in [0.2, 0.25) is 0 Å². The molecule has 1 aromatic heterocycles. The second kappa shape index (κ2) is 6.35. The first-order chi connectivity index (χ1) is 9.08. The molecule has 0 spiro atoms. The SMILES string of the molecule is Cc1cc(CN)cc(N(C)CC2CCN(C)CC2)n1. The maximum Gasteiger partial charge on any atom is 0.128 e. The van der Waals surface area contributed by atoms with Gasteiger partial charge in [0.1, 0.15) is 5.82 Å². The average Bonchev–Trinajstić information content (AvgIpc) is 2.40. The lowest BCUT2D eigenvalue weighted by Crippen LogP contribution is -2.36. The van der Waals surface area contributed by atoms with Gasteiger partial charge in [-0.2, -0.15) is 0 Å². The highest BCUT2D eigenvalue weighted by Crippen LogP contribution is 2.20. The number of aromatic nitrogens is 1. The third-order valence-corrected chi connectivity index (χ3v) is 4.00. The van der Waals surface area contributed by atoms with Gasteiger partial charge in [-0.05, 0) is 63.5 Å². The summed E-state index contributed by atoms with van der Waals surface area (Å²) < 4.78 is 0. The van der Waals surface area contributed by atoms with Gasteiger partial charge >= 0.3 is 0 Å². The number of pyridine rings is 1. The third-order valence-electron chi connectivity index (χ3n) is 4.00. The van der Waals surface area contributed by atoms with Crippen LogP contribution < -0.4 is 10.6 Å². The lowest BCUT2D eigenvalue weighted by atomic mass is 9.96. The van der Waals surface area contributed by atoms with E-state index in [0.717, 1.165) is 29.5 Å². The van der Waals surface area contributed by atoms with Crippen molar-refractivity contribution in [3.8, 4) is 0 Å². The molecule has 2 rings (SSSR count). The average molecular weight is 262 g/mol. The van der Waals surface area contributed by atoms with Gasteiger partial charge in [0.05, 0.1) is 0 Å². The number of nitrogens with zero attached hydrogens (tertiary/aromatic N) is 3. The summed E-state index contributed by atoms with van der Waals surface area (Å²) in [5.74, 6) is 1.84. The van der Waals surface area contributed by atoms with Crippen molar-refractivity contribution in [2.75, 3.05) is 38.6 Å². The molecule has 2 N–H and O–H groups in total. The summed E-state index contributed by atoms with van der Waals surface area (Å²) in [6.45, 7) is 6.14. The second-order valence-electron chi connectivity index (χ2n) is 5.81. The molecule has 0 saturated carbocycles. The topological polar surface area (TPSA) is 45.4 Å². The van der Waals surface area contributed by atoms with Crippen LogP contribution in [0.25, 0.3) is 0 Å². The van der Waals surface area contributed by atoms with Crippen LogP contribution in [0.3, 0.4) is 0 Å². The number of nitrogens with two attached hydrogens (primary N) is 1. The molecular weight excluding hydrogens is 236 g/mol. The van der Waals surface area contributed by atoms with Crippen molar-refractivity contribution >= 4 is 5.82 Å². The first-order valence-electron chi connectivity index (χ1n) is 7.16. The minimum Gasteiger partial charge on any atom is -0.359 e. The van der Waals surface area contributed by atoms with E-state index in [9.17, 15) is 0 Å². The Bertz CT molecular complexity index is 411. The zero-order chi connectivity index (χ0) is 13.8. The number of likely N-dealkylation sites (tertiary alicyclic amines) is 1. The van der Waals surface area contributed by atoms with E-state index in [2.05, 4.69) is 41.0 Å². The maximum absolute atomic E-state index is 5.74. The van der Waals surface area contributed by atoms with Crippen molar-refractivity contribution in [1.82, 2.24) is 9.88 Å². The standard InChI is InChI=1S/C15H26N4/c1-12-8-14(10-16)9-15(17-12)19(3)11-13-4-6-18(2)7-5-13/h8-9,13H,4-7,10-11,16H2,1-3H3. The van der Waals surface area contributed by atoms with Crippen LogP contribution >= 0.6 is 0 Å². The Hall–Kier alpha value is -1.13. The monoisotopic (exact) mass is 262 g/mol.